The maximum atomic E-state index is 9.65. The van der Waals surface area contributed by atoms with Crippen LogP contribution in [0.5, 0.6) is 5.75 Å². The molecule has 0 aliphatic heterocycles. The van der Waals surface area contributed by atoms with Crippen molar-refractivity contribution in [2.45, 2.75) is 19.6 Å². The monoisotopic (exact) mass is 267 g/mol. The molecule has 0 saturated carbocycles. The van der Waals surface area contributed by atoms with E-state index in [1.54, 1.807) is 6.92 Å². The molecule has 0 aliphatic carbocycles. The van der Waals surface area contributed by atoms with Crippen molar-refractivity contribution in [2.75, 3.05) is 0 Å². The molecule has 20 heavy (non-hydrogen) atoms. The highest BCUT2D eigenvalue weighted by Gasteiger charge is 2.09. The average molecular weight is 267 g/mol. The van der Waals surface area contributed by atoms with Gasteiger partial charge in [0.05, 0.1) is 6.10 Å². The van der Waals surface area contributed by atoms with Crippen molar-refractivity contribution in [2.24, 2.45) is 0 Å². The molecule has 0 spiro atoms. The van der Waals surface area contributed by atoms with E-state index in [1.165, 1.54) is 0 Å². The zero-order chi connectivity index (χ0) is 13.9. The fraction of sp³-hybridized carbons (Fsp3) is 0.176. The third kappa shape index (κ3) is 2.53. The van der Waals surface area contributed by atoms with Gasteiger partial charge in [0.1, 0.15) is 12.4 Å². The van der Waals surface area contributed by atoms with E-state index < -0.39 is 6.10 Å². The lowest BCUT2D eigenvalue weighted by molar-refractivity contribution is 0.195. The number of aliphatic hydroxyl groups is 1. The zero-order valence-corrected chi connectivity index (χ0v) is 11.3. The molecule has 0 unspecified atom stereocenters. The Hall–Kier alpha value is -2.26. The number of aliphatic hydroxyl groups excluding tert-OH is 1. The zero-order valence-electron chi connectivity index (χ0n) is 11.3. The molecule has 0 saturated heterocycles. The Morgan fingerprint density at radius 3 is 2.65 bits per heavy atom. The van der Waals surface area contributed by atoms with E-state index in [4.69, 9.17) is 4.74 Å². The summed E-state index contributed by atoms with van der Waals surface area (Å²) in [4.78, 5) is 3.20. The van der Waals surface area contributed by atoms with Crippen LogP contribution < -0.4 is 4.74 Å². The Bertz CT molecular complexity index is 701. The van der Waals surface area contributed by atoms with Gasteiger partial charge in [0.25, 0.3) is 0 Å². The molecule has 1 atom stereocenters. The maximum Gasteiger partial charge on any atom is 0.129 e. The van der Waals surface area contributed by atoms with Crippen LogP contribution in [0, 0.1) is 0 Å². The number of nitrogens with one attached hydrogen (secondary N) is 1. The highest BCUT2D eigenvalue weighted by molar-refractivity contribution is 5.86. The van der Waals surface area contributed by atoms with Crippen LogP contribution in [0.4, 0.5) is 0 Å². The highest BCUT2D eigenvalue weighted by Crippen LogP contribution is 2.28. The third-order valence-corrected chi connectivity index (χ3v) is 3.33. The van der Waals surface area contributed by atoms with Gasteiger partial charge in [-0.1, -0.05) is 36.4 Å². The summed E-state index contributed by atoms with van der Waals surface area (Å²) < 4.78 is 5.90. The lowest BCUT2D eigenvalue weighted by Crippen LogP contribution is -1.95. The van der Waals surface area contributed by atoms with Crippen LogP contribution in [0.1, 0.15) is 24.3 Å². The molecule has 102 valence electrons. The Morgan fingerprint density at radius 2 is 1.90 bits per heavy atom. The number of aromatic nitrogens is 1. The first-order chi connectivity index (χ1) is 9.74. The van der Waals surface area contributed by atoms with Crippen molar-refractivity contribution < 1.29 is 9.84 Å². The first-order valence-electron chi connectivity index (χ1n) is 6.70. The van der Waals surface area contributed by atoms with E-state index in [0.717, 1.165) is 27.9 Å². The number of ether oxygens (including phenoxy) is 1. The Labute approximate surface area is 117 Å². The first-order valence-corrected chi connectivity index (χ1v) is 6.70. The number of hydrogen-bond donors (Lipinski definition) is 2. The van der Waals surface area contributed by atoms with Crippen molar-refractivity contribution in [3.63, 3.8) is 0 Å². The van der Waals surface area contributed by atoms with E-state index in [-0.39, 0.29) is 0 Å². The largest absolute Gasteiger partial charge is 0.488 e. The van der Waals surface area contributed by atoms with E-state index in [9.17, 15) is 5.11 Å². The van der Waals surface area contributed by atoms with Crippen LogP contribution in [0.25, 0.3) is 10.9 Å². The number of aromatic amines is 1. The van der Waals surface area contributed by atoms with Gasteiger partial charge in [-0.25, -0.2) is 0 Å². The lowest BCUT2D eigenvalue weighted by atomic mass is 10.2. The average Bonchev–Trinajstić information content (AvgIpc) is 2.91. The van der Waals surface area contributed by atoms with Crippen LogP contribution in [0.15, 0.2) is 54.6 Å². The fourth-order valence-electron chi connectivity index (χ4n) is 2.24. The number of fused-ring (bicyclic) bond motifs is 1. The molecular formula is C17H17NO2. The highest BCUT2D eigenvalue weighted by atomic mass is 16.5. The predicted octanol–water partition coefficient (Wildman–Crippen LogP) is 3.80. The molecule has 3 nitrogen and oxygen atoms in total. The molecule has 3 rings (SSSR count). The summed E-state index contributed by atoms with van der Waals surface area (Å²) in [5.74, 6) is 0.828. The lowest BCUT2D eigenvalue weighted by Gasteiger charge is -2.07. The van der Waals surface area contributed by atoms with Crippen molar-refractivity contribution >= 4 is 10.9 Å². The predicted molar refractivity (Wildman–Crippen MR) is 79.7 cm³/mol. The molecule has 1 aromatic heterocycles. The van der Waals surface area contributed by atoms with Gasteiger partial charge in [0.15, 0.2) is 0 Å². The van der Waals surface area contributed by atoms with Gasteiger partial charge in [-0.2, -0.15) is 0 Å². The summed E-state index contributed by atoms with van der Waals surface area (Å²) in [7, 11) is 0. The summed E-state index contributed by atoms with van der Waals surface area (Å²) in [6, 6.07) is 17.9. The van der Waals surface area contributed by atoms with Crippen molar-refractivity contribution in [3.8, 4) is 5.75 Å². The van der Waals surface area contributed by atoms with Gasteiger partial charge < -0.3 is 14.8 Å². The fourth-order valence-corrected chi connectivity index (χ4v) is 2.24. The van der Waals surface area contributed by atoms with Gasteiger partial charge in [0, 0.05) is 16.6 Å². The molecule has 3 aromatic rings. The molecule has 2 N–H and O–H groups in total. The minimum atomic E-state index is -0.510. The number of benzene rings is 2. The Kier molecular flexibility index (Phi) is 3.44. The topological polar surface area (TPSA) is 45.2 Å². The molecule has 3 heteroatoms. The smallest absolute Gasteiger partial charge is 0.129 e. The summed E-state index contributed by atoms with van der Waals surface area (Å²) in [6.07, 6.45) is -0.510. The Balaban J connectivity index is 1.87. The Morgan fingerprint density at radius 1 is 1.10 bits per heavy atom. The van der Waals surface area contributed by atoms with Gasteiger partial charge in [-0.15, -0.1) is 0 Å². The number of hydrogen-bond acceptors (Lipinski definition) is 2. The van der Waals surface area contributed by atoms with E-state index >= 15 is 0 Å². The third-order valence-electron chi connectivity index (χ3n) is 3.33. The van der Waals surface area contributed by atoms with E-state index in [2.05, 4.69) is 4.98 Å². The molecule has 2 aromatic carbocycles. The second-order valence-corrected chi connectivity index (χ2v) is 4.89. The van der Waals surface area contributed by atoms with Gasteiger partial charge in [0.2, 0.25) is 0 Å². The van der Waals surface area contributed by atoms with Crippen molar-refractivity contribution in [3.05, 3.63) is 65.9 Å². The van der Waals surface area contributed by atoms with Crippen molar-refractivity contribution in [1.82, 2.24) is 4.98 Å². The van der Waals surface area contributed by atoms with Crippen LogP contribution >= 0.6 is 0 Å². The molecule has 0 aliphatic rings. The number of H-pyrrole nitrogens is 1. The minimum absolute atomic E-state index is 0.510. The number of rotatable bonds is 4. The maximum absolute atomic E-state index is 9.65. The van der Waals surface area contributed by atoms with Gasteiger partial charge >= 0.3 is 0 Å². The van der Waals surface area contributed by atoms with Crippen LogP contribution in [0.2, 0.25) is 0 Å². The SMILES string of the molecule is C[C@H](O)c1cc2c(OCc3ccccc3)cccc2[nH]1. The van der Waals surface area contributed by atoms with Gasteiger partial charge in [-0.3, -0.25) is 0 Å². The molecular weight excluding hydrogens is 250 g/mol. The minimum Gasteiger partial charge on any atom is -0.488 e. The summed E-state index contributed by atoms with van der Waals surface area (Å²) >= 11 is 0. The van der Waals surface area contributed by atoms with Crippen LogP contribution in [0.3, 0.4) is 0 Å². The van der Waals surface area contributed by atoms with E-state index in [1.807, 2.05) is 54.6 Å². The quantitative estimate of drug-likeness (QED) is 0.755. The molecule has 0 bridgehead atoms. The summed E-state index contributed by atoms with van der Waals surface area (Å²) in [6.45, 7) is 2.28. The normalized spacial score (nSPS) is 12.5. The van der Waals surface area contributed by atoms with Crippen LogP contribution in [-0.4, -0.2) is 10.1 Å². The van der Waals surface area contributed by atoms with Crippen LogP contribution in [-0.2, 0) is 6.61 Å². The first kappa shape index (κ1) is 12.8. The molecule has 1 heterocycles. The molecule has 0 amide bonds. The molecule has 0 radical (unpaired) electrons. The van der Waals surface area contributed by atoms with Gasteiger partial charge in [-0.05, 0) is 30.7 Å². The second kappa shape index (κ2) is 5.39. The van der Waals surface area contributed by atoms with Crippen molar-refractivity contribution in [1.29, 1.82) is 0 Å². The van der Waals surface area contributed by atoms with E-state index in [0.29, 0.717) is 6.61 Å². The standard InChI is InChI=1S/C17H17NO2/c1-12(19)16-10-14-15(18-16)8-5-9-17(14)20-11-13-6-3-2-4-7-13/h2-10,12,18-19H,11H2,1H3/t12-/m0/s1. The second-order valence-electron chi connectivity index (χ2n) is 4.89. The summed E-state index contributed by atoms with van der Waals surface area (Å²) in [5, 5.41) is 10.7. The molecule has 0 fully saturated rings. The summed E-state index contributed by atoms with van der Waals surface area (Å²) in [5.41, 5.74) is 2.91.